The lowest BCUT2D eigenvalue weighted by atomic mass is 10.2. The van der Waals surface area contributed by atoms with Crippen molar-refractivity contribution in [3.05, 3.63) is 35.6 Å². The monoisotopic (exact) mass is 286 g/mol. The van der Waals surface area contributed by atoms with E-state index in [1.165, 1.54) is 31.5 Å². The average molecular weight is 286 g/mol. The summed E-state index contributed by atoms with van der Waals surface area (Å²) in [7, 11) is 0. The van der Waals surface area contributed by atoms with Gasteiger partial charge in [0.15, 0.2) is 5.76 Å². The van der Waals surface area contributed by atoms with Gasteiger partial charge in [0, 0.05) is 11.9 Å². The number of nitrogens with zero attached hydrogens (tertiary/aromatic N) is 1. The molecular weight excluding hydrogens is 264 g/mol. The molecule has 0 saturated carbocycles. The first-order chi connectivity index (χ1) is 10.2. The molecule has 1 aromatic carbocycles. The second-order valence-electron chi connectivity index (χ2n) is 5.81. The molecule has 0 aliphatic carbocycles. The van der Waals surface area contributed by atoms with Gasteiger partial charge >= 0.3 is 0 Å². The molecule has 21 heavy (non-hydrogen) atoms. The molecule has 112 valence electrons. The molecule has 0 unspecified atom stereocenters. The highest BCUT2D eigenvalue weighted by atomic mass is 16.3. The maximum absolute atomic E-state index is 12.1. The third-order valence-electron chi connectivity index (χ3n) is 4.03. The van der Waals surface area contributed by atoms with Crippen molar-refractivity contribution in [2.75, 3.05) is 26.2 Å². The molecule has 0 atom stereocenters. The maximum atomic E-state index is 12.1. The van der Waals surface area contributed by atoms with Gasteiger partial charge in [-0.2, -0.15) is 0 Å². The van der Waals surface area contributed by atoms with Crippen molar-refractivity contribution in [1.29, 1.82) is 0 Å². The third-order valence-corrected chi connectivity index (χ3v) is 4.03. The van der Waals surface area contributed by atoms with E-state index in [0.717, 1.165) is 23.9 Å². The smallest absolute Gasteiger partial charge is 0.287 e. The Balaban J connectivity index is 1.51. The van der Waals surface area contributed by atoms with E-state index in [1.54, 1.807) is 0 Å². The van der Waals surface area contributed by atoms with Crippen LogP contribution in [-0.4, -0.2) is 37.0 Å². The topological polar surface area (TPSA) is 45.5 Å². The van der Waals surface area contributed by atoms with Crippen molar-refractivity contribution in [3.63, 3.8) is 0 Å². The van der Waals surface area contributed by atoms with E-state index in [4.69, 9.17) is 4.42 Å². The highest BCUT2D eigenvalue weighted by Crippen LogP contribution is 2.20. The summed E-state index contributed by atoms with van der Waals surface area (Å²) < 4.78 is 5.59. The molecule has 2 aromatic rings. The molecular formula is C17H22N2O2. The van der Waals surface area contributed by atoms with Gasteiger partial charge in [-0.25, -0.2) is 0 Å². The number of amides is 1. The molecule has 0 radical (unpaired) electrons. The number of furan rings is 1. The van der Waals surface area contributed by atoms with Gasteiger partial charge in [-0.1, -0.05) is 11.6 Å². The maximum Gasteiger partial charge on any atom is 0.287 e. The van der Waals surface area contributed by atoms with Gasteiger partial charge < -0.3 is 14.6 Å². The van der Waals surface area contributed by atoms with Crippen LogP contribution in [0.1, 0.15) is 35.4 Å². The first kappa shape index (κ1) is 14.1. The van der Waals surface area contributed by atoms with Gasteiger partial charge in [-0.3, -0.25) is 4.79 Å². The minimum absolute atomic E-state index is 0.120. The Morgan fingerprint density at radius 2 is 2.10 bits per heavy atom. The summed E-state index contributed by atoms with van der Waals surface area (Å²) in [6.07, 6.45) is 3.61. The van der Waals surface area contributed by atoms with Crippen molar-refractivity contribution in [2.45, 2.75) is 26.2 Å². The zero-order valence-corrected chi connectivity index (χ0v) is 12.5. The molecule has 4 heteroatoms. The Bertz CT molecular complexity index is 627. The largest absolute Gasteiger partial charge is 0.451 e. The van der Waals surface area contributed by atoms with Crippen LogP contribution in [0.4, 0.5) is 0 Å². The first-order valence-electron chi connectivity index (χ1n) is 7.73. The predicted octanol–water partition coefficient (Wildman–Crippen LogP) is 2.96. The SMILES string of the molecule is Cc1ccc2oc(C(=O)NCCCN3CCCC3)cc2c1. The molecule has 3 rings (SSSR count). The lowest BCUT2D eigenvalue weighted by Gasteiger charge is -2.13. The molecule has 1 N–H and O–H groups in total. The van der Waals surface area contributed by atoms with Crippen LogP contribution in [-0.2, 0) is 0 Å². The van der Waals surface area contributed by atoms with Gasteiger partial charge in [0.1, 0.15) is 5.58 Å². The standard InChI is InChI=1S/C17H22N2O2/c1-13-5-6-15-14(11-13)12-16(21-15)17(20)18-7-4-10-19-8-2-3-9-19/h5-6,11-12H,2-4,7-10H2,1H3,(H,18,20). The van der Waals surface area contributed by atoms with Gasteiger partial charge in [-0.15, -0.1) is 0 Å². The Morgan fingerprint density at radius 3 is 2.90 bits per heavy atom. The summed E-state index contributed by atoms with van der Waals surface area (Å²) >= 11 is 0. The molecule has 0 bridgehead atoms. The summed E-state index contributed by atoms with van der Waals surface area (Å²) in [6.45, 7) is 6.21. The molecule has 2 heterocycles. The number of fused-ring (bicyclic) bond motifs is 1. The van der Waals surface area contributed by atoms with Gasteiger partial charge in [0.25, 0.3) is 5.91 Å². The number of aryl methyl sites for hydroxylation is 1. The fraction of sp³-hybridized carbons (Fsp3) is 0.471. The lowest BCUT2D eigenvalue weighted by Crippen LogP contribution is -2.28. The van der Waals surface area contributed by atoms with E-state index in [9.17, 15) is 4.79 Å². The summed E-state index contributed by atoms with van der Waals surface area (Å²) in [6, 6.07) is 7.75. The molecule has 1 amide bonds. The van der Waals surface area contributed by atoms with E-state index in [-0.39, 0.29) is 5.91 Å². The van der Waals surface area contributed by atoms with Crippen LogP contribution in [0.5, 0.6) is 0 Å². The molecule has 1 aliphatic rings. The quantitative estimate of drug-likeness (QED) is 0.860. The van der Waals surface area contributed by atoms with Crippen molar-refractivity contribution >= 4 is 16.9 Å². The zero-order chi connectivity index (χ0) is 14.7. The summed E-state index contributed by atoms with van der Waals surface area (Å²) in [4.78, 5) is 14.5. The van der Waals surface area contributed by atoms with Crippen LogP contribution >= 0.6 is 0 Å². The molecule has 4 nitrogen and oxygen atoms in total. The van der Waals surface area contributed by atoms with E-state index < -0.39 is 0 Å². The highest BCUT2D eigenvalue weighted by Gasteiger charge is 2.13. The van der Waals surface area contributed by atoms with E-state index in [2.05, 4.69) is 10.2 Å². The normalized spacial score (nSPS) is 15.7. The van der Waals surface area contributed by atoms with E-state index in [1.807, 2.05) is 31.2 Å². The molecule has 1 aromatic heterocycles. The second kappa shape index (κ2) is 6.31. The number of rotatable bonds is 5. The number of hydrogen-bond donors (Lipinski definition) is 1. The lowest BCUT2D eigenvalue weighted by molar-refractivity contribution is 0.0926. The molecule has 1 aliphatic heterocycles. The number of carbonyl (C=O) groups excluding carboxylic acids is 1. The predicted molar refractivity (Wildman–Crippen MR) is 83.6 cm³/mol. The van der Waals surface area contributed by atoms with Crippen molar-refractivity contribution in [3.8, 4) is 0 Å². The van der Waals surface area contributed by atoms with E-state index in [0.29, 0.717) is 12.3 Å². The fourth-order valence-electron chi connectivity index (χ4n) is 2.87. The number of likely N-dealkylation sites (tertiary alicyclic amines) is 1. The Hall–Kier alpha value is -1.81. The van der Waals surface area contributed by atoms with Crippen LogP contribution in [0.3, 0.4) is 0 Å². The summed E-state index contributed by atoms with van der Waals surface area (Å²) in [5, 5.41) is 3.92. The molecule has 1 saturated heterocycles. The van der Waals surface area contributed by atoms with Crippen molar-refractivity contribution in [2.24, 2.45) is 0 Å². The fourth-order valence-corrected chi connectivity index (χ4v) is 2.87. The van der Waals surface area contributed by atoms with Crippen LogP contribution in [0.2, 0.25) is 0 Å². The van der Waals surface area contributed by atoms with Gasteiger partial charge in [0.05, 0.1) is 0 Å². The van der Waals surface area contributed by atoms with Crippen LogP contribution < -0.4 is 5.32 Å². The van der Waals surface area contributed by atoms with Crippen molar-refractivity contribution < 1.29 is 9.21 Å². The minimum atomic E-state index is -0.120. The Labute approximate surface area is 125 Å². The zero-order valence-electron chi connectivity index (χ0n) is 12.5. The van der Waals surface area contributed by atoms with Crippen LogP contribution in [0.25, 0.3) is 11.0 Å². The Kier molecular flexibility index (Phi) is 4.25. The summed E-state index contributed by atoms with van der Waals surface area (Å²) in [5.74, 6) is 0.280. The Morgan fingerprint density at radius 1 is 1.29 bits per heavy atom. The number of benzene rings is 1. The minimum Gasteiger partial charge on any atom is -0.451 e. The molecule has 1 fully saturated rings. The van der Waals surface area contributed by atoms with Crippen LogP contribution in [0, 0.1) is 6.92 Å². The van der Waals surface area contributed by atoms with Gasteiger partial charge in [0.2, 0.25) is 0 Å². The van der Waals surface area contributed by atoms with Crippen molar-refractivity contribution in [1.82, 2.24) is 10.2 Å². The number of carbonyl (C=O) groups is 1. The number of hydrogen-bond acceptors (Lipinski definition) is 3. The van der Waals surface area contributed by atoms with E-state index >= 15 is 0 Å². The molecule has 0 spiro atoms. The third kappa shape index (κ3) is 3.45. The highest BCUT2D eigenvalue weighted by molar-refractivity contribution is 5.96. The van der Waals surface area contributed by atoms with Crippen LogP contribution in [0.15, 0.2) is 28.7 Å². The second-order valence-corrected chi connectivity index (χ2v) is 5.81. The summed E-state index contributed by atoms with van der Waals surface area (Å²) in [5.41, 5.74) is 1.93. The van der Waals surface area contributed by atoms with Gasteiger partial charge in [-0.05, 0) is 64.0 Å². The number of nitrogens with one attached hydrogen (secondary N) is 1. The first-order valence-corrected chi connectivity index (χ1v) is 7.73. The average Bonchev–Trinajstić information content (AvgIpc) is 3.11.